The van der Waals surface area contributed by atoms with E-state index in [-0.39, 0.29) is 24.8 Å². The van der Waals surface area contributed by atoms with Crippen LogP contribution in [-0.4, -0.2) is 25.1 Å². The largest absolute Gasteiger partial charge is 0.494 e. The minimum atomic E-state index is -0.493. The summed E-state index contributed by atoms with van der Waals surface area (Å²) in [7, 11) is 0. The molecule has 0 atom stereocenters. The summed E-state index contributed by atoms with van der Waals surface area (Å²) in [6, 6.07) is 13.2. The number of aryl methyl sites for hydroxylation is 1. The molecule has 162 valence electrons. The number of nitrogens with one attached hydrogen (secondary N) is 1. The number of carbonyl (C=O) groups is 2. The number of hydrogen-bond donors (Lipinski definition) is 1. The first-order valence-electron chi connectivity index (χ1n) is 10.0. The SMILES string of the molecule is CCOC(=O)c1c(NC(=O)Cc2ccc(F)cc2)sc(C)c1-c1ccc(OCC)cc1. The Morgan fingerprint density at radius 1 is 1.00 bits per heavy atom. The van der Waals surface area contributed by atoms with Crippen LogP contribution in [0.3, 0.4) is 0 Å². The van der Waals surface area contributed by atoms with Crippen LogP contribution in [0.25, 0.3) is 11.1 Å². The van der Waals surface area contributed by atoms with E-state index in [2.05, 4.69) is 5.32 Å². The van der Waals surface area contributed by atoms with Crippen molar-refractivity contribution in [2.75, 3.05) is 18.5 Å². The molecular weight excluding hydrogens is 417 g/mol. The molecule has 1 amide bonds. The Morgan fingerprint density at radius 3 is 2.29 bits per heavy atom. The van der Waals surface area contributed by atoms with Gasteiger partial charge in [0.2, 0.25) is 5.91 Å². The lowest BCUT2D eigenvalue weighted by Gasteiger charge is -2.10. The zero-order valence-corrected chi connectivity index (χ0v) is 18.5. The summed E-state index contributed by atoms with van der Waals surface area (Å²) in [5.41, 5.74) is 2.57. The summed E-state index contributed by atoms with van der Waals surface area (Å²) in [6.45, 7) is 6.33. The Bertz CT molecular complexity index is 1060. The van der Waals surface area contributed by atoms with Crippen molar-refractivity contribution in [3.63, 3.8) is 0 Å². The summed E-state index contributed by atoms with van der Waals surface area (Å²) < 4.78 is 23.9. The van der Waals surface area contributed by atoms with Crippen LogP contribution in [0.2, 0.25) is 0 Å². The van der Waals surface area contributed by atoms with Crippen LogP contribution >= 0.6 is 11.3 Å². The minimum absolute atomic E-state index is 0.0673. The highest BCUT2D eigenvalue weighted by Crippen LogP contribution is 2.41. The minimum Gasteiger partial charge on any atom is -0.494 e. The third-order valence-electron chi connectivity index (χ3n) is 4.55. The molecule has 0 radical (unpaired) electrons. The van der Waals surface area contributed by atoms with Crippen LogP contribution in [0.4, 0.5) is 9.39 Å². The van der Waals surface area contributed by atoms with Crippen LogP contribution in [-0.2, 0) is 16.0 Å². The quantitative estimate of drug-likeness (QED) is 0.461. The average molecular weight is 442 g/mol. The molecule has 3 rings (SSSR count). The fraction of sp³-hybridized carbons (Fsp3) is 0.250. The van der Waals surface area contributed by atoms with Crippen LogP contribution in [0.15, 0.2) is 48.5 Å². The van der Waals surface area contributed by atoms with Gasteiger partial charge in [0.1, 0.15) is 22.1 Å². The first-order chi connectivity index (χ1) is 14.9. The number of hydrogen-bond acceptors (Lipinski definition) is 5. The predicted molar refractivity (Wildman–Crippen MR) is 120 cm³/mol. The van der Waals surface area contributed by atoms with Gasteiger partial charge >= 0.3 is 5.97 Å². The van der Waals surface area contributed by atoms with Gasteiger partial charge in [0, 0.05) is 10.4 Å². The molecule has 0 aliphatic rings. The molecule has 7 heteroatoms. The smallest absolute Gasteiger partial charge is 0.341 e. The maximum Gasteiger partial charge on any atom is 0.341 e. The van der Waals surface area contributed by atoms with Crippen LogP contribution in [0, 0.1) is 12.7 Å². The molecule has 0 fully saturated rings. The zero-order valence-electron chi connectivity index (χ0n) is 17.7. The van der Waals surface area contributed by atoms with Gasteiger partial charge in [-0.15, -0.1) is 11.3 Å². The molecule has 0 saturated heterocycles. The van der Waals surface area contributed by atoms with Gasteiger partial charge in [-0.25, -0.2) is 9.18 Å². The molecule has 0 bridgehead atoms. The van der Waals surface area contributed by atoms with E-state index in [1.54, 1.807) is 19.1 Å². The zero-order chi connectivity index (χ0) is 22.4. The van der Waals surface area contributed by atoms with E-state index in [4.69, 9.17) is 9.47 Å². The molecule has 0 aliphatic heterocycles. The lowest BCUT2D eigenvalue weighted by molar-refractivity contribution is -0.115. The molecule has 1 N–H and O–H groups in total. The highest BCUT2D eigenvalue weighted by Gasteiger charge is 2.25. The van der Waals surface area contributed by atoms with Crippen LogP contribution < -0.4 is 10.1 Å². The first kappa shape index (κ1) is 22.5. The van der Waals surface area contributed by atoms with Crippen molar-refractivity contribution in [3.8, 4) is 16.9 Å². The Hall–Kier alpha value is -3.19. The number of esters is 1. The number of anilines is 1. The van der Waals surface area contributed by atoms with Crippen molar-refractivity contribution in [1.29, 1.82) is 0 Å². The highest BCUT2D eigenvalue weighted by atomic mass is 32.1. The number of amides is 1. The molecule has 31 heavy (non-hydrogen) atoms. The molecular formula is C24H24FNO4S. The van der Waals surface area contributed by atoms with Crippen molar-refractivity contribution in [2.24, 2.45) is 0 Å². The summed E-state index contributed by atoms with van der Waals surface area (Å²) in [5.74, 6) is -0.406. The molecule has 5 nitrogen and oxygen atoms in total. The van der Waals surface area contributed by atoms with E-state index in [0.29, 0.717) is 22.7 Å². The number of rotatable bonds is 8. The second-order valence-electron chi connectivity index (χ2n) is 6.77. The lowest BCUT2D eigenvalue weighted by atomic mass is 10.0. The molecule has 0 unspecified atom stereocenters. The van der Waals surface area contributed by atoms with Crippen LogP contribution in [0.1, 0.15) is 34.6 Å². The number of thiophene rings is 1. The number of ether oxygens (including phenoxy) is 2. The summed E-state index contributed by atoms with van der Waals surface area (Å²) in [6.07, 6.45) is 0.0673. The van der Waals surface area contributed by atoms with E-state index in [1.165, 1.54) is 23.5 Å². The fourth-order valence-electron chi connectivity index (χ4n) is 3.22. The van der Waals surface area contributed by atoms with E-state index in [9.17, 15) is 14.0 Å². The molecule has 3 aromatic rings. The summed E-state index contributed by atoms with van der Waals surface area (Å²) in [5, 5.41) is 3.27. The number of benzene rings is 2. The van der Waals surface area contributed by atoms with Gasteiger partial charge in [-0.05, 0) is 56.2 Å². The fourth-order valence-corrected chi connectivity index (χ4v) is 4.30. The Labute approximate surface area is 184 Å². The van der Waals surface area contributed by atoms with E-state index in [1.807, 2.05) is 38.1 Å². The van der Waals surface area contributed by atoms with Gasteiger partial charge < -0.3 is 14.8 Å². The number of carbonyl (C=O) groups excluding carboxylic acids is 2. The standard InChI is InChI=1S/C24H24FNO4S/c1-4-29-19-12-8-17(9-13-19)21-15(3)31-23(22(21)24(28)30-5-2)26-20(27)14-16-6-10-18(25)11-7-16/h6-13H,4-5,14H2,1-3H3,(H,26,27). The van der Waals surface area contributed by atoms with Gasteiger partial charge in [-0.3, -0.25) is 4.79 Å². The summed E-state index contributed by atoms with van der Waals surface area (Å²) >= 11 is 1.32. The third-order valence-corrected chi connectivity index (χ3v) is 5.57. The average Bonchev–Trinajstić information content (AvgIpc) is 3.06. The monoisotopic (exact) mass is 441 g/mol. The second-order valence-corrected chi connectivity index (χ2v) is 7.99. The van der Waals surface area contributed by atoms with Gasteiger partial charge in [-0.2, -0.15) is 0 Å². The maximum atomic E-state index is 13.1. The predicted octanol–water partition coefficient (Wildman–Crippen LogP) is 5.62. The molecule has 2 aromatic carbocycles. The topological polar surface area (TPSA) is 64.6 Å². The molecule has 0 spiro atoms. The van der Waals surface area contributed by atoms with Crippen molar-refractivity contribution in [3.05, 3.63) is 70.4 Å². The van der Waals surface area contributed by atoms with Crippen LogP contribution in [0.5, 0.6) is 5.75 Å². The maximum absolute atomic E-state index is 13.1. The van der Waals surface area contributed by atoms with E-state index in [0.717, 1.165) is 21.8 Å². The van der Waals surface area contributed by atoms with Gasteiger partial charge in [0.05, 0.1) is 19.6 Å². The Balaban J connectivity index is 1.92. The van der Waals surface area contributed by atoms with Gasteiger partial charge in [0.25, 0.3) is 0 Å². The Morgan fingerprint density at radius 2 is 1.68 bits per heavy atom. The second kappa shape index (κ2) is 10.2. The van der Waals surface area contributed by atoms with Crippen molar-refractivity contribution in [2.45, 2.75) is 27.2 Å². The van der Waals surface area contributed by atoms with Crippen molar-refractivity contribution < 1.29 is 23.5 Å². The van der Waals surface area contributed by atoms with Crippen molar-refractivity contribution in [1.82, 2.24) is 0 Å². The molecule has 0 saturated carbocycles. The van der Waals surface area contributed by atoms with E-state index < -0.39 is 5.97 Å². The lowest BCUT2D eigenvalue weighted by Crippen LogP contribution is -2.16. The molecule has 0 aliphatic carbocycles. The molecule has 1 heterocycles. The normalized spacial score (nSPS) is 10.6. The Kier molecular flexibility index (Phi) is 7.41. The summed E-state index contributed by atoms with van der Waals surface area (Å²) in [4.78, 5) is 26.3. The van der Waals surface area contributed by atoms with Gasteiger partial charge in [-0.1, -0.05) is 24.3 Å². The first-order valence-corrected chi connectivity index (χ1v) is 10.8. The molecule has 1 aromatic heterocycles. The third kappa shape index (κ3) is 5.49. The number of halogens is 1. The van der Waals surface area contributed by atoms with Gasteiger partial charge in [0.15, 0.2) is 0 Å². The van der Waals surface area contributed by atoms with E-state index >= 15 is 0 Å². The van der Waals surface area contributed by atoms with Crippen molar-refractivity contribution >= 4 is 28.2 Å². The highest BCUT2D eigenvalue weighted by molar-refractivity contribution is 7.17.